The molecule has 1 aromatic rings. The SMILES string of the molecule is CCS(=O)(=O)[C@](Cl)(Br)[C@@H](O)c1cccc(C)c1. The molecule has 1 N–H and O–H groups in total. The van der Waals surface area contributed by atoms with Gasteiger partial charge in [0.1, 0.15) is 6.10 Å². The summed E-state index contributed by atoms with van der Waals surface area (Å²) in [6, 6.07) is 6.94. The molecule has 3 nitrogen and oxygen atoms in total. The normalized spacial score (nSPS) is 17.5. The molecule has 0 unspecified atom stereocenters. The van der Waals surface area contributed by atoms with Crippen LogP contribution in [0.3, 0.4) is 0 Å². The highest BCUT2D eigenvalue weighted by Crippen LogP contribution is 2.42. The van der Waals surface area contributed by atoms with E-state index in [1.54, 1.807) is 18.2 Å². The van der Waals surface area contributed by atoms with E-state index in [-0.39, 0.29) is 5.75 Å². The number of rotatable bonds is 4. The number of hydrogen-bond acceptors (Lipinski definition) is 3. The summed E-state index contributed by atoms with van der Waals surface area (Å²) in [5.41, 5.74) is 1.39. The molecular weight excluding hydrogens is 328 g/mol. The number of alkyl halides is 2. The van der Waals surface area contributed by atoms with Crippen molar-refractivity contribution in [1.29, 1.82) is 0 Å². The van der Waals surface area contributed by atoms with E-state index in [2.05, 4.69) is 15.9 Å². The van der Waals surface area contributed by atoms with E-state index in [4.69, 9.17) is 11.6 Å². The number of aryl methyl sites for hydroxylation is 1. The van der Waals surface area contributed by atoms with Gasteiger partial charge in [-0.25, -0.2) is 8.42 Å². The summed E-state index contributed by atoms with van der Waals surface area (Å²) < 4.78 is 21.7. The van der Waals surface area contributed by atoms with Crippen LogP contribution in [0.2, 0.25) is 0 Å². The van der Waals surface area contributed by atoms with Gasteiger partial charge in [0.05, 0.1) is 5.75 Å². The van der Waals surface area contributed by atoms with E-state index in [0.717, 1.165) is 5.56 Å². The fourth-order valence-electron chi connectivity index (χ4n) is 1.40. The first-order valence-electron chi connectivity index (χ1n) is 5.07. The summed E-state index contributed by atoms with van der Waals surface area (Å²) >= 11 is 8.86. The largest absolute Gasteiger partial charge is 0.385 e. The van der Waals surface area contributed by atoms with Crippen molar-refractivity contribution < 1.29 is 13.5 Å². The standard InChI is InChI=1S/C11H14BrClO3S/c1-3-17(15,16)11(12,13)10(14)9-6-4-5-8(2)7-9/h4-7,10,14H,3H2,1-2H3/t10-,11-/m0/s1. The van der Waals surface area contributed by atoms with Gasteiger partial charge in [-0.1, -0.05) is 48.4 Å². The van der Waals surface area contributed by atoms with E-state index < -0.39 is 19.1 Å². The lowest BCUT2D eigenvalue weighted by Crippen LogP contribution is -2.34. The van der Waals surface area contributed by atoms with Crippen molar-refractivity contribution in [2.24, 2.45) is 0 Å². The van der Waals surface area contributed by atoms with Crippen LogP contribution in [-0.2, 0) is 9.84 Å². The first-order valence-corrected chi connectivity index (χ1v) is 7.89. The molecule has 0 fully saturated rings. The molecule has 0 spiro atoms. The van der Waals surface area contributed by atoms with E-state index >= 15 is 0 Å². The lowest BCUT2D eigenvalue weighted by atomic mass is 10.1. The smallest absolute Gasteiger partial charge is 0.229 e. The maximum absolute atomic E-state index is 11.8. The van der Waals surface area contributed by atoms with Crippen molar-refractivity contribution in [3.8, 4) is 0 Å². The average molecular weight is 342 g/mol. The zero-order valence-electron chi connectivity index (χ0n) is 9.52. The van der Waals surface area contributed by atoms with Crippen LogP contribution >= 0.6 is 27.5 Å². The molecule has 1 rings (SSSR count). The molecule has 0 aliphatic heterocycles. The topological polar surface area (TPSA) is 54.4 Å². The molecule has 2 atom stereocenters. The molecule has 0 aliphatic carbocycles. The average Bonchev–Trinajstić information content (AvgIpc) is 2.27. The van der Waals surface area contributed by atoms with Crippen LogP contribution in [0.25, 0.3) is 0 Å². The van der Waals surface area contributed by atoms with Crippen LogP contribution < -0.4 is 0 Å². The second kappa shape index (κ2) is 5.26. The second-order valence-electron chi connectivity index (χ2n) is 3.78. The molecule has 0 heterocycles. The second-order valence-corrected chi connectivity index (χ2v) is 9.29. The van der Waals surface area contributed by atoms with Crippen molar-refractivity contribution in [2.45, 2.75) is 23.1 Å². The Morgan fingerprint density at radius 3 is 2.59 bits per heavy atom. The summed E-state index contributed by atoms with van der Waals surface area (Å²) in [7, 11) is -3.63. The number of halogens is 2. The van der Waals surface area contributed by atoms with E-state index in [9.17, 15) is 13.5 Å². The van der Waals surface area contributed by atoms with Gasteiger partial charge in [-0.15, -0.1) is 0 Å². The van der Waals surface area contributed by atoms with Gasteiger partial charge in [-0.2, -0.15) is 0 Å². The summed E-state index contributed by atoms with van der Waals surface area (Å²) in [5, 5.41) is 10.1. The molecule has 96 valence electrons. The third-order valence-electron chi connectivity index (χ3n) is 2.47. The zero-order chi connectivity index (χ0) is 13.3. The Kier molecular flexibility index (Phi) is 4.63. The fraction of sp³-hybridized carbons (Fsp3) is 0.455. The van der Waals surface area contributed by atoms with Gasteiger partial charge in [-0.3, -0.25) is 0 Å². The third kappa shape index (κ3) is 3.02. The molecule has 6 heteroatoms. The Labute approximate surface area is 115 Å². The van der Waals surface area contributed by atoms with Crippen molar-refractivity contribution in [3.05, 3.63) is 35.4 Å². The molecular formula is C11H14BrClO3S. The van der Waals surface area contributed by atoms with Gasteiger partial charge in [-0.05, 0) is 28.4 Å². The predicted octanol–water partition coefficient (Wildman–Crippen LogP) is 2.75. The molecule has 0 aromatic heterocycles. The van der Waals surface area contributed by atoms with Crippen LogP contribution in [0, 0.1) is 6.92 Å². The van der Waals surface area contributed by atoms with Gasteiger partial charge in [0.2, 0.25) is 3.12 Å². The predicted molar refractivity (Wildman–Crippen MR) is 73.1 cm³/mol. The minimum Gasteiger partial charge on any atom is -0.385 e. The van der Waals surface area contributed by atoms with Gasteiger partial charge in [0, 0.05) is 0 Å². The lowest BCUT2D eigenvalue weighted by Gasteiger charge is -2.26. The quantitative estimate of drug-likeness (QED) is 0.857. The summed E-state index contributed by atoms with van der Waals surface area (Å²) in [6.45, 7) is 3.34. The van der Waals surface area contributed by atoms with Gasteiger partial charge < -0.3 is 5.11 Å². The monoisotopic (exact) mass is 340 g/mol. The van der Waals surface area contributed by atoms with Crippen molar-refractivity contribution in [1.82, 2.24) is 0 Å². The highest BCUT2D eigenvalue weighted by molar-refractivity contribution is 9.12. The number of sulfone groups is 1. The first-order chi connectivity index (χ1) is 7.72. The number of aliphatic hydroxyl groups is 1. The third-order valence-corrected chi connectivity index (χ3v) is 7.11. The zero-order valence-corrected chi connectivity index (χ0v) is 12.7. The summed E-state index contributed by atoms with van der Waals surface area (Å²) in [6.07, 6.45) is -1.32. The maximum atomic E-state index is 11.8. The van der Waals surface area contributed by atoms with Crippen LogP contribution in [0.15, 0.2) is 24.3 Å². The number of hydrogen-bond donors (Lipinski definition) is 1. The molecule has 1 aromatic carbocycles. The van der Waals surface area contributed by atoms with Gasteiger partial charge >= 0.3 is 0 Å². The van der Waals surface area contributed by atoms with Crippen LogP contribution in [0.4, 0.5) is 0 Å². The maximum Gasteiger partial charge on any atom is 0.229 e. The van der Waals surface area contributed by atoms with Crippen LogP contribution in [0.1, 0.15) is 24.2 Å². The Morgan fingerprint density at radius 1 is 1.53 bits per heavy atom. The molecule has 0 bridgehead atoms. The van der Waals surface area contributed by atoms with E-state index in [1.807, 2.05) is 13.0 Å². The summed E-state index contributed by atoms with van der Waals surface area (Å²) in [4.78, 5) is 0. The molecule has 17 heavy (non-hydrogen) atoms. The van der Waals surface area contributed by atoms with Crippen molar-refractivity contribution >= 4 is 37.4 Å². The highest BCUT2D eigenvalue weighted by Gasteiger charge is 2.45. The van der Waals surface area contributed by atoms with Crippen LogP contribution in [0.5, 0.6) is 0 Å². The van der Waals surface area contributed by atoms with Crippen molar-refractivity contribution in [3.63, 3.8) is 0 Å². The van der Waals surface area contributed by atoms with E-state index in [0.29, 0.717) is 5.56 Å². The Bertz CT molecular complexity index is 499. The van der Waals surface area contributed by atoms with Crippen molar-refractivity contribution in [2.75, 3.05) is 5.75 Å². The Hall–Kier alpha value is -0.100. The first kappa shape index (κ1) is 15.0. The molecule has 0 amide bonds. The molecule has 0 radical (unpaired) electrons. The number of aliphatic hydroxyl groups excluding tert-OH is 1. The molecule has 0 saturated heterocycles. The minimum atomic E-state index is -3.63. The minimum absolute atomic E-state index is 0.148. The number of benzene rings is 1. The van der Waals surface area contributed by atoms with Gasteiger partial charge in [0.25, 0.3) is 0 Å². The van der Waals surface area contributed by atoms with Gasteiger partial charge in [0.15, 0.2) is 9.84 Å². The summed E-state index contributed by atoms with van der Waals surface area (Å²) in [5.74, 6) is -0.148. The molecule has 0 saturated carbocycles. The van der Waals surface area contributed by atoms with E-state index in [1.165, 1.54) is 6.92 Å². The highest BCUT2D eigenvalue weighted by atomic mass is 79.9. The van der Waals surface area contributed by atoms with Crippen LogP contribution in [-0.4, -0.2) is 22.4 Å². The molecule has 0 aliphatic rings. The fourth-order valence-corrected chi connectivity index (χ4v) is 3.66. The Balaban J connectivity index is 3.17. The lowest BCUT2D eigenvalue weighted by molar-refractivity contribution is 0.185. The Morgan fingerprint density at radius 2 is 2.12 bits per heavy atom.